The molecule has 0 amide bonds. The van der Waals surface area contributed by atoms with Crippen molar-refractivity contribution in [1.82, 2.24) is 0 Å². The van der Waals surface area contributed by atoms with Gasteiger partial charge in [-0.15, -0.1) is 8.58 Å². The number of aliphatic carboxylic acids is 2. The maximum absolute atomic E-state index is 8.89. The third kappa shape index (κ3) is 330. The van der Waals surface area contributed by atoms with Gasteiger partial charge in [0.25, 0.3) is 0 Å². The molecule has 0 heterocycles. The summed E-state index contributed by atoms with van der Waals surface area (Å²) in [6.45, 7) is 6.40. The molecule has 0 spiro atoms. The van der Waals surface area contributed by atoms with Crippen LogP contribution in [-0.2, 0) is 9.59 Å². The predicted molar refractivity (Wildman–Crippen MR) is 56.5 cm³/mol. The van der Waals surface area contributed by atoms with Gasteiger partial charge in [0.2, 0.25) is 0 Å². The first kappa shape index (κ1) is 23.7. The Balaban J connectivity index is -0.0000000522. The second-order valence-electron chi connectivity index (χ2n) is 2.09. The van der Waals surface area contributed by atoms with E-state index in [4.69, 9.17) is 19.8 Å². The second kappa shape index (κ2) is 23.2. The van der Waals surface area contributed by atoms with E-state index >= 15 is 0 Å². The van der Waals surface area contributed by atoms with Crippen LogP contribution in [0, 0.1) is 0 Å². The summed E-state index contributed by atoms with van der Waals surface area (Å²) in [4.78, 5) is 17.8. The smallest absolute Gasteiger partial charge is 0.550 e. The Morgan fingerprint density at radius 3 is 1.36 bits per heavy atom. The molecule has 0 saturated heterocycles. The largest absolute Gasteiger partial charge is 2.00 e. The monoisotopic (exact) mass is 232 g/mol. The summed E-state index contributed by atoms with van der Waals surface area (Å²) < 4.78 is 0. The Morgan fingerprint density at radius 1 is 1.14 bits per heavy atom. The summed E-state index contributed by atoms with van der Waals surface area (Å²) in [6.07, 6.45) is 2.77. The van der Waals surface area contributed by atoms with Crippen molar-refractivity contribution in [2.75, 3.05) is 12.8 Å². The Labute approximate surface area is 103 Å². The molecule has 0 aliphatic carbocycles. The SMILES string of the molecule is CC(=O)[O-].CC(=O)[O-].CCCPC.[Mg+2]. The molecule has 1 atom stereocenters. The fourth-order valence-electron chi connectivity index (χ4n) is 0.250. The van der Waals surface area contributed by atoms with E-state index in [9.17, 15) is 0 Å². The Kier molecular flexibility index (Phi) is 39.3. The fourth-order valence-corrected chi connectivity index (χ4v) is 0.750. The van der Waals surface area contributed by atoms with Gasteiger partial charge in [-0.2, -0.15) is 0 Å². The van der Waals surface area contributed by atoms with Gasteiger partial charge in [-0.3, -0.25) is 0 Å². The zero-order chi connectivity index (χ0) is 11.3. The molecular formula is C8H17MgO4P. The second-order valence-corrected chi connectivity index (χ2v) is 3.29. The maximum Gasteiger partial charge on any atom is 2.00 e. The number of carbonyl (C=O) groups is 2. The average molecular weight is 232 g/mol. The minimum absolute atomic E-state index is 0. The van der Waals surface area contributed by atoms with Gasteiger partial charge in [0, 0.05) is 11.9 Å². The summed E-state index contributed by atoms with van der Waals surface area (Å²) >= 11 is 0. The van der Waals surface area contributed by atoms with E-state index in [1.54, 1.807) is 0 Å². The van der Waals surface area contributed by atoms with Gasteiger partial charge in [0.05, 0.1) is 0 Å². The van der Waals surface area contributed by atoms with E-state index in [0.29, 0.717) is 0 Å². The van der Waals surface area contributed by atoms with Crippen LogP contribution in [0.4, 0.5) is 0 Å². The van der Waals surface area contributed by atoms with Gasteiger partial charge in [0.15, 0.2) is 0 Å². The van der Waals surface area contributed by atoms with Crippen molar-refractivity contribution in [2.45, 2.75) is 27.2 Å². The molecule has 0 aliphatic rings. The number of hydrogen-bond acceptors (Lipinski definition) is 4. The molecule has 0 rings (SSSR count). The topological polar surface area (TPSA) is 80.3 Å². The first-order chi connectivity index (χ1) is 5.88. The van der Waals surface area contributed by atoms with Crippen LogP contribution >= 0.6 is 8.58 Å². The third-order valence-electron chi connectivity index (χ3n) is 0.500. The molecule has 0 aromatic rings. The van der Waals surface area contributed by atoms with Crippen LogP contribution in [-0.4, -0.2) is 47.8 Å². The van der Waals surface area contributed by atoms with Gasteiger partial charge in [-0.05, 0) is 26.7 Å². The molecule has 6 heteroatoms. The molecule has 0 aromatic carbocycles. The van der Waals surface area contributed by atoms with Crippen LogP contribution in [0.2, 0.25) is 0 Å². The molecule has 80 valence electrons. The van der Waals surface area contributed by atoms with Crippen LogP contribution < -0.4 is 10.2 Å². The van der Waals surface area contributed by atoms with Crippen molar-refractivity contribution in [3.05, 3.63) is 0 Å². The Morgan fingerprint density at radius 2 is 1.36 bits per heavy atom. The van der Waals surface area contributed by atoms with E-state index in [0.717, 1.165) is 22.4 Å². The minimum atomic E-state index is -1.08. The molecule has 0 fully saturated rings. The number of carboxylic acid groups (broad SMARTS) is 2. The number of carbonyl (C=O) groups excluding carboxylic acids is 2. The summed E-state index contributed by atoms with van der Waals surface area (Å²) in [5, 5.41) is 17.8. The van der Waals surface area contributed by atoms with Crippen molar-refractivity contribution in [3.63, 3.8) is 0 Å². The van der Waals surface area contributed by atoms with E-state index in [1.165, 1.54) is 12.6 Å². The van der Waals surface area contributed by atoms with Crippen LogP contribution in [0.25, 0.3) is 0 Å². The molecule has 0 radical (unpaired) electrons. The first-order valence-corrected chi connectivity index (χ1v) is 5.58. The van der Waals surface area contributed by atoms with Crippen LogP contribution in [0.1, 0.15) is 27.2 Å². The van der Waals surface area contributed by atoms with Crippen LogP contribution in [0.3, 0.4) is 0 Å². The minimum Gasteiger partial charge on any atom is -0.550 e. The third-order valence-corrected chi connectivity index (χ3v) is 1.50. The summed E-state index contributed by atoms with van der Waals surface area (Å²) in [6, 6.07) is 0. The average Bonchev–Trinajstić information content (AvgIpc) is 1.86. The summed E-state index contributed by atoms with van der Waals surface area (Å²) in [7, 11) is 1.16. The van der Waals surface area contributed by atoms with Crippen LogP contribution in [0.5, 0.6) is 0 Å². The quantitative estimate of drug-likeness (QED) is 0.444. The molecular weight excluding hydrogens is 215 g/mol. The van der Waals surface area contributed by atoms with E-state index in [2.05, 4.69) is 13.6 Å². The molecule has 0 saturated carbocycles. The number of rotatable bonds is 2. The molecule has 0 aromatic heterocycles. The molecule has 1 unspecified atom stereocenters. The number of carboxylic acids is 2. The summed E-state index contributed by atoms with van der Waals surface area (Å²) in [5.41, 5.74) is 0. The predicted octanol–water partition coefficient (Wildman–Crippen LogP) is -1.16. The van der Waals surface area contributed by atoms with Crippen molar-refractivity contribution in [1.29, 1.82) is 0 Å². The van der Waals surface area contributed by atoms with Crippen LogP contribution in [0.15, 0.2) is 0 Å². The van der Waals surface area contributed by atoms with E-state index in [-0.39, 0.29) is 23.1 Å². The maximum atomic E-state index is 8.89. The molecule has 0 N–H and O–H groups in total. The van der Waals surface area contributed by atoms with E-state index < -0.39 is 11.9 Å². The molecule has 14 heavy (non-hydrogen) atoms. The molecule has 0 aliphatic heterocycles. The van der Waals surface area contributed by atoms with Crippen molar-refractivity contribution < 1.29 is 19.8 Å². The fraction of sp³-hybridized carbons (Fsp3) is 0.750. The van der Waals surface area contributed by atoms with Gasteiger partial charge >= 0.3 is 23.1 Å². The van der Waals surface area contributed by atoms with Gasteiger partial charge in [-0.25, -0.2) is 0 Å². The molecule has 4 nitrogen and oxygen atoms in total. The van der Waals surface area contributed by atoms with Crippen molar-refractivity contribution in [2.24, 2.45) is 0 Å². The molecule has 0 bridgehead atoms. The van der Waals surface area contributed by atoms with Gasteiger partial charge < -0.3 is 19.8 Å². The van der Waals surface area contributed by atoms with Gasteiger partial charge in [-0.1, -0.05) is 13.3 Å². The Hall–Kier alpha value is 0.136. The van der Waals surface area contributed by atoms with E-state index in [1.807, 2.05) is 0 Å². The van der Waals surface area contributed by atoms with Gasteiger partial charge in [0.1, 0.15) is 0 Å². The summed E-state index contributed by atoms with van der Waals surface area (Å²) in [5.74, 6) is -2.17. The first-order valence-electron chi connectivity index (χ1n) is 3.88. The number of hydrogen-bond donors (Lipinski definition) is 0. The standard InChI is InChI=1S/C4H11P.2C2H4O2.Mg/c1-3-4-5-2;2*1-2(3)4;/h5H,3-4H2,1-2H3;2*1H3,(H,3,4);/q;;;+2/p-2. The van der Waals surface area contributed by atoms with Crippen molar-refractivity contribution in [3.8, 4) is 0 Å². The van der Waals surface area contributed by atoms with Crippen molar-refractivity contribution >= 4 is 43.6 Å². The Bertz CT molecular complexity index is 109. The normalized spacial score (nSPS) is 7.43. The zero-order valence-electron chi connectivity index (χ0n) is 9.25. The zero-order valence-corrected chi connectivity index (χ0v) is 11.7.